The van der Waals surface area contributed by atoms with Gasteiger partial charge in [0.15, 0.2) is 0 Å². The first-order valence-electron chi connectivity index (χ1n) is 8.17. The lowest BCUT2D eigenvalue weighted by atomic mass is 10.2. The molecule has 8 heteroatoms. The molecule has 0 spiro atoms. The number of amides is 1. The van der Waals surface area contributed by atoms with Gasteiger partial charge in [-0.25, -0.2) is 5.43 Å². The predicted octanol–water partition coefficient (Wildman–Crippen LogP) is 4.62. The standard InChI is InChI=1S/C20H14Cl3N3O2/c21-14-8-6-13(7-9-14)12-26-10-2-3-15(20(26)28)19(27)25-24-11-16-17(22)4-1-5-18(16)23/h1-11H,12H2,(H,25,27)/b24-11-. The molecule has 1 heterocycles. The van der Waals surface area contributed by atoms with E-state index in [-0.39, 0.29) is 5.56 Å². The molecule has 2 aromatic carbocycles. The van der Waals surface area contributed by atoms with Crippen LogP contribution in [0.15, 0.2) is 70.7 Å². The third-order valence-corrected chi connectivity index (χ3v) is 4.80. The first kappa shape index (κ1) is 20.1. The summed E-state index contributed by atoms with van der Waals surface area (Å²) in [4.78, 5) is 25.0. The van der Waals surface area contributed by atoms with Gasteiger partial charge in [-0.3, -0.25) is 9.59 Å². The lowest BCUT2D eigenvalue weighted by Gasteiger charge is -2.08. The number of pyridine rings is 1. The Hall–Kier alpha value is -2.60. The van der Waals surface area contributed by atoms with Crippen molar-refractivity contribution in [3.05, 3.63) is 103 Å². The van der Waals surface area contributed by atoms with Crippen LogP contribution in [0, 0.1) is 0 Å². The lowest BCUT2D eigenvalue weighted by molar-refractivity contribution is 0.0953. The summed E-state index contributed by atoms with van der Waals surface area (Å²) in [6, 6.07) is 15.2. The number of hydrogen-bond acceptors (Lipinski definition) is 3. The predicted molar refractivity (Wildman–Crippen MR) is 113 cm³/mol. The average Bonchev–Trinajstić information content (AvgIpc) is 2.67. The monoisotopic (exact) mass is 433 g/mol. The molecular weight excluding hydrogens is 421 g/mol. The Kier molecular flexibility index (Phi) is 6.52. The van der Waals surface area contributed by atoms with Gasteiger partial charge in [0, 0.05) is 16.8 Å². The van der Waals surface area contributed by atoms with Gasteiger partial charge in [0.1, 0.15) is 5.56 Å². The molecule has 3 aromatic rings. The molecule has 1 N–H and O–H groups in total. The van der Waals surface area contributed by atoms with Crippen molar-refractivity contribution in [1.29, 1.82) is 0 Å². The first-order valence-corrected chi connectivity index (χ1v) is 9.30. The highest BCUT2D eigenvalue weighted by molar-refractivity contribution is 6.38. The molecule has 0 aliphatic heterocycles. The molecule has 0 aliphatic rings. The van der Waals surface area contributed by atoms with Crippen molar-refractivity contribution >= 4 is 46.9 Å². The van der Waals surface area contributed by atoms with Crippen LogP contribution in [0.4, 0.5) is 0 Å². The number of carbonyl (C=O) groups is 1. The summed E-state index contributed by atoms with van der Waals surface area (Å²) in [6.45, 7) is 0.315. The molecule has 142 valence electrons. The smallest absolute Gasteiger partial charge is 0.276 e. The lowest BCUT2D eigenvalue weighted by Crippen LogP contribution is -2.30. The number of benzene rings is 2. The summed E-state index contributed by atoms with van der Waals surface area (Å²) in [5, 5.41) is 5.26. The molecule has 0 saturated carbocycles. The molecule has 0 radical (unpaired) electrons. The molecule has 0 atom stereocenters. The van der Waals surface area contributed by atoms with Crippen LogP contribution in [-0.4, -0.2) is 16.7 Å². The molecule has 0 saturated heterocycles. The Bertz CT molecular complexity index is 1070. The molecule has 3 rings (SSSR count). The second-order valence-electron chi connectivity index (χ2n) is 5.82. The highest BCUT2D eigenvalue weighted by atomic mass is 35.5. The van der Waals surface area contributed by atoms with Gasteiger partial charge in [0.05, 0.1) is 22.8 Å². The minimum absolute atomic E-state index is 0.0288. The maximum Gasteiger partial charge on any atom is 0.276 e. The van der Waals surface area contributed by atoms with Crippen molar-refractivity contribution in [1.82, 2.24) is 9.99 Å². The molecule has 1 amide bonds. The van der Waals surface area contributed by atoms with Gasteiger partial charge >= 0.3 is 0 Å². The van der Waals surface area contributed by atoms with Gasteiger partial charge in [-0.1, -0.05) is 53.0 Å². The minimum atomic E-state index is -0.630. The summed E-state index contributed by atoms with van der Waals surface area (Å²) in [5.74, 6) is -0.630. The zero-order valence-corrected chi connectivity index (χ0v) is 16.7. The zero-order valence-electron chi connectivity index (χ0n) is 14.4. The third kappa shape index (κ3) is 4.81. The Balaban J connectivity index is 1.76. The van der Waals surface area contributed by atoms with E-state index in [9.17, 15) is 9.59 Å². The first-order chi connectivity index (χ1) is 13.5. The minimum Gasteiger partial charge on any atom is -0.310 e. The number of hydrazone groups is 1. The van der Waals surface area contributed by atoms with Crippen molar-refractivity contribution in [3.8, 4) is 0 Å². The number of carbonyl (C=O) groups excluding carboxylic acids is 1. The zero-order chi connectivity index (χ0) is 20.1. The Morgan fingerprint density at radius 2 is 1.68 bits per heavy atom. The Labute approximate surface area is 176 Å². The maximum atomic E-state index is 12.6. The highest BCUT2D eigenvalue weighted by Crippen LogP contribution is 2.22. The fourth-order valence-corrected chi connectivity index (χ4v) is 3.09. The normalized spacial score (nSPS) is 11.0. The second kappa shape index (κ2) is 9.06. The highest BCUT2D eigenvalue weighted by Gasteiger charge is 2.12. The van der Waals surface area contributed by atoms with Gasteiger partial charge in [-0.2, -0.15) is 5.10 Å². The van der Waals surface area contributed by atoms with E-state index in [2.05, 4.69) is 10.5 Å². The van der Waals surface area contributed by atoms with Crippen LogP contribution in [0.25, 0.3) is 0 Å². The number of halogens is 3. The summed E-state index contributed by atoms with van der Waals surface area (Å²) in [7, 11) is 0. The molecular formula is C20H14Cl3N3O2. The van der Waals surface area contributed by atoms with Crippen LogP contribution in [0.2, 0.25) is 15.1 Å². The summed E-state index contributed by atoms with van der Waals surface area (Å²) in [5.41, 5.74) is 3.22. The van der Waals surface area contributed by atoms with Crippen LogP contribution in [-0.2, 0) is 6.54 Å². The van der Waals surface area contributed by atoms with Gasteiger partial charge in [-0.05, 0) is 42.0 Å². The molecule has 28 heavy (non-hydrogen) atoms. The molecule has 0 aliphatic carbocycles. The number of aromatic nitrogens is 1. The van der Waals surface area contributed by atoms with Crippen LogP contribution >= 0.6 is 34.8 Å². The summed E-state index contributed by atoms with van der Waals surface area (Å²) in [6.07, 6.45) is 2.94. The van der Waals surface area contributed by atoms with E-state index in [4.69, 9.17) is 34.8 Å². The number of nitrogens with one attached hydrogen (secondary N) is 1. The van der Waals surface area contributed by atoms with Gasteiger partial charge in [0.2, 0.25) is 0 Å². The largest absolute Gasteiger partial charge is 0.310 e. The van der Waals surface area contributed by atoms with Crippen molar-refractivity contribution < 1.29 is 4.79 Å². The van der Waals surface area contributed by atoms with Crippen LogP contribution in [0.1, 0.15) is 21.5 Å². The van der Waals surface area contributed by atoms with E-state index < -0.39 is 11.5 Å². The molecule has 1 aromatic heterocycles. The molecule has 5 nitrogen and oxygen atoms in total. The molecule has 0 bridgehead atoms. The number of nitrogens with zero attached hydrogens (tertiary/aromatic N) is 2. The van der Waals surface area contributed by atoms with Crippen molar-refractivity contribution in [3.63, 3.8) is 0 Å². The Morgan fingerprint density at radius 1 is 1.00 bits per heavy atom. The SMILES string of the molecule is O=C(N/N=C\c1c(Cl)cccc1Cl)c1cccn(Cc2ccc(Cl)cc2)c1=O. The average molecular weight is 435 g/mol. The van der Waals surface area contributed by atoms with Crippen LogP contribution < -0.4 is 11.0 Å². The van der Waals surface area contributed by atoms with Crippen LogP contribution in [0.3, 0.4) is 0 Å². The van der Waals surface area contributed by atoms with Gasteiger partial charge in [0.25, 0.3) is 11.5 Å². The second-order valence-corrected chi connectivity index (χ2v) is 7.07. The van der Waals surface area contributed by atoms with E-state index in [1.807, 2.05) is 12.1 Å². The van der Waals surface area contributed by atoms with E-state index in [1.54, 1.807) is 42.6 Å². The van der Waals surface area contributed by atoms with Gasteiger partial charge < -0.3 is 4.57 Å². The fourth-order valence-electron chi connectivity index (χ4n) is 2.47. The third-order valence-electron chi connectivity index (χ3n) is 3.89. The van der Waals surface area contributed by atoms with E-state index in [0.29, 0.717) is 27.2 Å². The molecule has 0 fully saturated rings. The van der Waals surface area contributed by atoms with Gasteiger partial charge in [-0.15, -0.1) is 0 Å². The maximum absolute atomic E-state index is 12.6. The van der Waals surface area contributed by atoms with Crippen molar-refractivity contribution in [2.45, 2.75) is 6.54 Å². The number of rotatable bonds is 5. The van der Waals surface area contributed by atoms with E-state index in [1.165, 1.54) is 16.8 Å². The van der Waals surface area contributed by atoms with Crippen molar-refractivity contribution in [2.75, 3.05) is 0 Å². The van der Waals surface area contributed by atoms with E-state index in [0.717, 1.165) is 5.56 Å². The number of hydrogen-bond donors (Lipinski definition) is 1. The Morgan fingerprint density at radius 3 is 2.36 bits per heavy atom. The fraction of sp³-hybridized carbons (Fsp3) is 0.0500. The van der Waals surface area contributed by atoms with Crippen molar-refractivity contribution in [2.24, 2.45) is 5.10 Å². The van der Waals surface area contributed by atoms with E-state index >= 15 is 0 Å². The topological polar surface area (TPSA) is 63.5 Å². The summed E-state index contributed by atoms with van der Waals surface area (Å²) < 4.78 is 1.44. The molecule has 0 unspecified atom stereocenters. The van der Waals surface area contributed by atoms with Crippen LogP contribution in [0.5, 0.6) is 0 Å². The quantitative estimate of drug-likeness (QED) is 0.470. The summed E-state index contributed by atoms with van der Waals surface area (Å²) >= 11 is 18.0.